The Morgan fingerprint density at radius 1 is 1.45 bits per heavy atom. The Hall–Kier alpha value is -1.72. The van der Waals surface area contributed by atoms with Crippen LogP contribution in [-0.2, 0) is 13.1 Å². The van der Waals surface area contributed by atoms with E-state index < -0.39 is 0 Å². The Kier molecular flexibility index (Phi) is 5.32. The van der Waals surface area contributed by atoms with E-state index in [4.69, 9.17) is 0 Å². The van der Waals surface area contributed by atoms with Gasteiger partial charge in [-0.25, -0.2) is 4.98 Å². The molecule has 0 bridgehead atoms. The average molecular weight is 317 g/mol. The lowest BCUT2D eigenvalue weighted by Gasteiger charge is -2.14. The smallest absolute Gasteiger partial charge is 0.178 e. The first-order valence-corrected chi connectivity index (χ1v) is 8.20. The number of hydrogen-bond acceptors (Lipinski definition) is 4. The number of hydrogen-bond donors (Lipinski definition) is 0. The quantitative estimate of drug-likeness (QED) is 0.580. The molecule has 0 radical (unpaired) electrons. The van der Waals surface area contributed by atoms with E-state index in [1.165, 1.54) is 0 Å². The van der Waals surface area contributed by atoms with Gasteiger partial charge < -0.3 is 4.57 Å². The first-order chi connectivity index (χ1) is 10.4. The second kappa shape index (κ2) is 7.03. The molecule has 2 heterocycles. The van der Waals surface area contributed by atoms with Crippen molar-refractivity contribution in [3.8, 4) is 0 Å². The number of ketones is 1. The molecule has 0 saturated heterocycles. The highest BCUT2D eigenvalue weighted by molar-refractivity contribution is 7.09. The average Bonchev–Trinajstić information content (AvgIpc) is 2.97. The van der Waals surface area contributed by atoms with Crippen LogP contribution in [0.25, 0.3) is 0 Å². The van der Waals surface area contributed by atoms with Gasteiger partial charge in [0.1, 0.15) is 0 Å². The molecule has 2 aromatic heterocycles. The van der Waals surface area contributed by atoms with E-state index in [1.54, 1.807) is 11.3 Å². The summed E-state index contributed by atoms with van der Waals surface area (Å²) in [7, 11) is 1.95. The third-order valence-corrected chi connectivity index (χ3v) is 4.52. The van der Waals surface area contributed by atoms with Gasteiger partial charge in [0.15, 0.2) is 5.78 Å². The molecule has 0 aliphatic heterocycles. The van der Waals surface area contributed by atoms with Crippen molar-refractivity contribution in [2.45, 2.75) is 33.9 Å². The van der Waals surface area contributed by atoms with Crippen molar-refractivity contribution >= 4 is 17.1 Å². The summed E-state index contributed by atoms with van der Waals surface area (Å²) in [5, 5.41) is 3.11. The second-order valence-electron chi connectivity index (χ2n) is 5.64. The van der Waals surface area contributed by atoms with Crippen LogP contribution in [0.1, 0.15) is 32.4 Å². The summed E-state index contributed by atoms with van der Waals surface area (Å²) >= 11 is 1.64. The molecule has 4 nitrogen and oxygen atoms in total. The third kappa shape index (κ3) is 3.72. The minimum absolute atomic E-state index is 0.151. The van der Waals surface area contributed by atoms with Crippen molar-refractivity contribution < 1.29 is 4.79 Å². The number of thiazole rings is 1. The van der Waals surface area contributed by atoms with E-state index in [9.17, 15) is 4.79 Å². The van der Waals surface area contributed by atoms with Crippen molar-refractivity contribution in [2.24, 2.45) is 0 Å². The van der Waals surface area contributed by atoms with Gasteiger partial charge in [-0.2, -0.15) is 0 Å². The van der Waals surface area contributed by atoms with Crippen LogP contribution in [0, 0.1) is 20.8 Å². The molecular weight excluding hydrogens is 294 g/mol. The summed E-state index contributed by atoms with van der Waals surface area (Å²) in [6.07, 6.45) is 1.85. The van der Waals surface area contributed by atoms with Crippen molar-refractivity contribution in [1.82, 2.24) is 14.5 Å². The van der Waals surface area contributed by atoms with Crippen LogP contribution in [0.2, 0.25) is 0 Å². The lowest BCUT2D eigenvalue weighted by atomic mass is 10.1. The minimum atomic E-state index is 0.151. The van der Waals surface area contributed by atoms with Gasteiger partial charge in [-0.3, -0.25) is 9.69 Å². The van der Waals surface area contributed by atoms with Gasteiger partial charge in [-0.1, -0.05) is 6.08 Å². The van der Waals surface area contributed by atoms with Crippen LogP contribution in [0.5, 0.6) is 0 Å². The first kappa shape index (κ1) is 16.6. The fourth-order valence-corrected chi connectivity index (χ4v) is 3.24. The van der Waals surface area contributed by atoms with Gasteiger partial charge in [-0.05, 0) is 33.9 Å². The summed E-state index contributed by atoms with van der Waals surface area (Å²) in [6, 6.07) is 1.97. The van der Waals surface area contributed by atoms with Gasteiger partial charge in [-0.15, -0.1) is 17.9 Å². The topological polar surface area (TPSA) is 38.1 Å². The normalized spacial score (nSPS) is 11.1. The monoisotopic (exact) mass is 317 g/mol. The van der Waals surface area contributed by atoms with Gasteiger partial charge >= 0.3 is 0 Å². The SMILES string of the molecule is C=CCn1c(C)cc(C(=O)CN(C)Cc2csc(C)n2)c1C. The number of nitrogens with zero attached hydrogens (tertiary/aromatic N) is 3. The Morgan fingerprint density at radius 3 is 2.77 bits per heavy atom. The van der Waals surface area contributed by atoms with E-state index in [1.807, 2.05) is 50.2 Å². The lowest BCUT2D eigenvalue weighted by molar-refractivity contribution is 0.0942. The summed E-state index contributed by atoms with van der Waals surface area (Å²) in [4.78, 5) is 19.0. The molecule has 118 valence electrons. The zero-order valence-electron chi connectivity index (χ0n) is 13.7. The van der Waals surface area contributed by atoms with Crippen LogP contribution in [0.4, 0.5) is 0 Å². The highest BCUT2D eigenvalue weighted by Crippen LogP contribution is 2.17. The van der Waals surface area contributed by atoms with E-state index in [0.717, 1.165) is 34.2 Å². The molecule has 0 atom stereocenters. The molecule has 0 saturated carbocycles. The maximum absolute atomic E-state index is 12.5. The number of Topliss-reactive ketones (excluding diaryl/α,β-unsaturated/α-hetero) is 1. The summed E-state index contributed by atoms with van der Waals surface area (Å²) in [5.74, 6) is 0.151. The first-order valence-electron chi connectivity index (χ1n) is 7.32. The number of allylic oxidation sites excluding steroid dienone is 1. The van der Waals surface area contributed by atoms with Gasteiger partial charge in [0.05, 0.1) is 17.2 Å². The molecule has 0 N–H and O–H groups in total. The lowest BCUT2D eigenvalue weighted by Crippen LogP contribution is -2.26. The molecule has 0 amide bonds. The van der Waals surface area contributed by atoms with Crippen LogP contribution >= 0.6 is 11.3 Å². The van der Waals surface area contributed by atoms with E-state index >= 15 is 0 Å². The van der Waals surface area contributed by atoms with Gasteiger partial charge in [0, 0.05) is 35.4 Å². The third-order valence-electron chi connectivity index (χ3n) is 3.70. The molecule has 0 aliphatic carbocycles. The fourth-order valence-electron chi connectivity index (χ4n) is 2.64. The van der Waals surface area contributed by atoms with Crippen LogP contribution in [-0.4, -0.2) is 33.8 Å². The molecule has 0 unspecified atom stereocenters. The highest BCUT2D eigenvalue weighted by atomic mass is 32.1. The fraction of sp³-hybridized carbons (Fsp3) is 0.412. The van der Waals surface area contributed by atoms with Crippen LogP contribution in [0.3, 0.4) is 0 Å². The number of likely N-dealkylation sites (N-methyl/N-ethyl adjacent to an activating group) is 1. The highest BCUT2D eigenvalue weighted by Gasteiger charge is 2.17. The predicted molar refractivity (Wildman–Crippen MR) is 91.6 cm³/mol. The van der Waals surface area contributed by atoms with Crippen molar-refractivity contribution in [3.05, 3.63) is 51.8 Å². The zero-order chi connectivity index (χ0) is 16.3. The van der Waals surface area contributed by atoms with Crippen molar-refractivity contribution in [3.63, 3.8) is 0 Å². The van der Waals surface area contributed by atoms with Crippen molar-refractivity contribution in [2.75, 3.05) is 13.6 Å². The largest absolute Gasteiger partial charge is 0.345 e. The maximum Gasteiger partial charge on any atom is 0.178 e. The number of aromatic nitrogens is 2. The molecule has 5 heteroatoms. The van der Waals surface area contributed by atoms with Crippen LogP contribution in [0.15, 0.2) is 24.1 Å². The zero-order valence-corrected chi connectivity index (χ0v) is 14.5. The maximum atomic E-state index is 12.5. The molecule has 0 fully saturated rings. The molecule has 2 aromatic rings. The Balaban J connectivity index is 2.05. The van der Waals surface area contributed by atoms with Gasteiger partial charge in [0.2, 0.25) is 0 Å². The molecular formula is C17H23N3OS. The number of rotatable bonds is 7. The van der Waals surface area contributed by atoms with E-state index in [-0.39, 0.29) is 5.78 Å². The molecule has 0 aliphatic rings. The number of carbonyl (C=O) groups excluding carboxylic acids is 1. The Labute approximate surface area is 136 Å². The second-order valence-corrected chi connectivity index (χ2v) is 6.70. The van der Waals surface area contributed by atoms with E-state index in [0.29, 0.717) is 13.1 Å². The number of aryl methyl sites for hydroxylation is 2. The molecule has 0 spiro atoms. The standard InChI is InChI=1S/C17H23N3OS/c1-6-7-20-12(2)8-16(13(20)3)17(21)10-19(5)9-15-11-22-14(4)18-15/h6,8,11H,1,7,9-10H2,2-5H3. The molecule has 22 heavy (non-hydrogen) atoms. The van der Waals surface area contributed by atoms with Crippen molar-refractivity contribution in [1.29, 1.82) is 0 Å². The Bertz CT molecular complexity index is 684. The van der Waals surface area contributed by atoms with Gasteiger partial charge in [0.25, 0.3) is 0 Å². The summed E-state index contributed by atoms with van der Waals surface area (Å²) < 4.78 is 2.12. The number of carbonyl (C=O) groups is 1. The molecule has 0 aromatic carbocycles. The minimum Gasteiger partial charge on any atom is -0.345 e. The Morgan fingerprint density at radius 2 is 2.18 bits per heavy atom. The summed E-state index contributed by atoms with van der Waals surface area (Å²) in [5.41, 5.74) is 3.94. The predicted octanol–water partition coefficient (Wildman–Crippen LogP) is 3.37. The van der Waals surface area contributed by atoms with Crippen LogP contribution < -0.4 is 0 Å². The van der Waals surface area contributed by atoms with E-state index in [2.05, 4.69) is 16.1 Å². The molecule has 2 rings (SSSR count). The summed E-state index contributed by atoms with van der Waals surface area (Å²) in [6.45, 7) is 11.6.